The number of aldehydes is 1. The SMILES string of the molecule is COC(=O)c1nn(C)nc1C=O. The van der Waals surface area contributed by atoms with Gasteiger partial charge in [0.25, 0.3) is 0 Å². The highest BCUT2D eigenvalue weighted by atomic mass is 16.5. The molecular formula is C6H7N3O3. The fraction of sp³-hybridized carbons (Fsp3) is 0.333. The van der Waals surface area contributed by atoms with Crippen LogP contribution in [0.2, 0.25) is 0 Å². The van der Waals surface area contributed by atoms with Crippen LogP contribution in [0.15, 0.2) is 0 Å². The summed E-state index contributed by atoms with van der Waals surface area (Å²) < 4.78 is 4.38. The van der Waals surface area contributed by atoms with Gasteiger partial charge in [-0.1, -0.05) is 0 Å². The number of aryl methyl sites for hydroxylation is 1. The molecular weight excluding hydrogens is 162 g/mol. The number of rotatable bonds is 2. The van der Waals surface area contributed by atoms with E-state index in [2.05, 4.69) is 14.9 Å². The van der Waals surface area contributed by atoms with E-state index in [1.54, 1.807) is 0 Å². The van der Waals surface area contributed by atoms with Crippen LogP contribution in [-0.2, 0) is 11.8 Å². The lowest BCUT2D eigenvalue weighted by Gasteiger charge is -1.91. The van der Waals surface area contributed by atoms with Gasteiger partial charge in [0, 0.05) is 7.05 Å². The lowest BCUT2D eigenvalue weighted by atomic mass is 10.3. The van der Waals surface area contributed by atoms with Gasteiger partial charge in [-0.15, -0.1) is 10.2 Å². The van der Waals surface area contributed by atoms with Crippen LogP contribution >= 0.6 is 0 Å². The Balaban J connectivity index is 3.12. The number of hydrogen-bond acceptors (Lipinski definition) is 5. The van der Waals surface area contributed by atoms with Crippen LogP contribution in [-0.4, -0.2) is 34.4 Å². The molecule has 0 aromatic carbocycles. The van der Waals surface area contributed by atoms with Gasteiger partial charge in [-0.2, -0.15) is 4.80 Å². The fourth-order valence-corrected chi connectivity index (χ4v) is 0.743. The van der Waals surface area contributed by atoms with Crippen molar-refractivity contribution in [2.75, 3.05) is 7.11 Å². The summed E-state index contributed by atoms with van der Waals surface area (Å²) in [5, 5.41) is 7.29. The Morgan fingerprint density at radius 2 is 2.25 bits per heavy atom. The van der Waals surface area contributed by atoms with E-state index in [1.807, 2.05) is 0 Å². The number of nitrogens with zero attached hydrogens (tertiary/aromatic N) is 3. The first-order chi connectivity index (χ1) is 5.69. The molecule has 6 nitrogen and oxygen atoms in total. The Labute approximate surface area is 68.1 Å². The van der Waals surface area contributed by atoms with Crippen molar-refractivity contribution >= 4 is 12.3 Å². The Morgan fingerprint density at radius 1 is 1.58 bits per heavy atom. The summed E-state index contributed by atoms with van der Waals surface area (Å²) in [6, 6.07) is 0. The number of esters is 1. The molecule has 0 aliphatic heterocycles. The molecule has 1 aromatic rings. The second-order valence-corrected chi connectivity index (χ2v) is 2.03. The number of carbonyl (C=O) groups excluding carboxylic acids is 2. The lowest BCUT2D eigenvalue weighted by Crippen LogP contribution is -2.05. The van der Waals surface area contributed by atoms with E-state index in [0.29, 0.717) is 6.29 Å². The van der Waals surface area contributed by atoms with Crippen LogP contribution in [0.25, 0.3) is 0 Å². The first kappa shape index (κ1) is 8.38. The predicted molar refractivity (Wildman–Crippen MR) is 37.7 cm³/mol. The molecule has 0 radical (unpaired) electrons. The monoisotopic (exact) mass is 169 g/mol. The molecule has 6 heteroatoms. The average Bonchev–Trinajstić information content (AvgIpc) is 2.45. The molecule has 0 unspecified atom stereocenters. The molecule has 1 rings (SSSR count). The van der Waals surface area contributed by atoms with Crippen molar-refractivity contribution in [3.63, 3.8) is 0 Å². The minimum absolute atomic E-state index is 0.00986. The maximum Gasteiger partial charge on any atom is 0.361 e. The third-order valence-corrected chi connectivity index (χ3v) is 1.23. The molecule has 0 N–H and O–H groups in total. The Kier molecular flexibility index (Phi) is 2.18. The third kappa shape index (κ3) is 1.31. The van der Waals surface area contributed by atoms with Crippen LogP contribution in [0.5, 0.6) is 0 Å². The van der Waals surface area contributed by atoms with Crippen molar-refractivity contribution in [3.8, 4) is 0 Å². The van der Waals surface area contributed by atoms with Crippen LogP contribution in [0.4, 0.5) is 0 Å². The standard InChI is InChI=1S/C6H7N3O3/c1-9-7-4(3-10)5(8-9)6(11)12-2/h3H,1-2H3. The zero-order chi connectivity index (χ0) is 9.14. The Hall–Kier alpha value is -1.72. The van der Waals surface area contributed by atoms with Gasteiger partial charge in [-0.05, 0) is 0 Å². The molecule has 0 atom stereocenters. The molecule has 0 amide bonds. The molecule has 1 aromatic heterocycles. The van der Waals surface area contributed by atoms with E-state index in [1.165, 1.54) is 14.2 Å². The summed E-state index contributed by atoms with van der Waals surface area (Å²) in [4.78, 5) is 22.4. The van der Waals surface area contributed by atoms with Crippen molar-refractivity contribution < 1.29 is 14.3 Å². The summed E-state index contributed by atoms with van der Waals surface area (Å²) in [6.07, 6.45) is 0.458. The van der Waals surface area contributed by atoms with Crippen LogP contribution in [0.3, 0.4) is 0 Å². The topological polar surface area (TPSA) is 74.1 Å². The molecule has 0 spiro atoms. The first-order valence-corrected chi connectivity index (χ1v) is 3.14. The Bertz CT molecular complexity index is 318. The second-order valence-electron chi connectivity index (χ2n) is 2.03. The summed E-state index contributed by atoms with van der Waals surface area (Å²) in [5.41, 5.74) is -0.0700. The van der Waals surface area contributed by atoms with E-state index in [-0.39, 0.29) is 11.4 Å². The zero-order valence-corrected chi connectivity index (χ0v) is 6.64. The van der Waals surface area contributed by atoms with Crippen molar-refractivity contribution in [2.45, 2.75) is 0 Å². The summed E-state index contributed by atoms with van der Waals surface area (Å²) >= 11 is 0. The average molecular weight is 169 g/mol. The van der Waals surface area contributed by atoms with E-state index < -0.39 is 5.97 Å². The van der Waals surface area contributed by atoms with E-state index in [4.69, 9.17) is 0 Å². The number of methoxy groups -OCH3 is 1. The maximum absolute atomic E-state index is 10.9. The van der Waals surface area contributed by atoms with Crippen molar-refractivity contribution in [1.82, 2.24) is 15.0 Å². The van der Waals surface area contributed by atoms with Crippen molar-refractivity contribution in [1.29, 1.82) is 0 Å². The number of aromatic nitrogens is 3. The lowest BCUT2D eigenvalue weighted by molar-refractivity contribution is 0.0591. The highest BCUT2D eigenvalue weighted by molar-refractivity contribution is 5.94. The van der Waals surface area contributed by atoms with Gasteiger partial charge in [-0.3, -0.25) is 4.79 Å². The van der Waals surface area contributed by atoms with Crippen LogP contribution in [0, 0.1) is 0 Å². The van der Waals surface area contributed by atoms with Crippen molar-refractivity contribution in [2.24, 2.45) is 7.05 Å². The molecule has 12 heavy (non-hydrogen) atoms. The van der Waals surface area contributed by atoms with Crippen LogP contribution in [0.1, 0.15) is 21.0 Å². The van der Waals surface area contributed by atoms with Gasteiger partial charge in [0.2, 0.25) is 5.69 Å². The van der Waals surface area contributed by atoms with Gasteiger partial charge in [-0.25, -0.2) is 4.79 Å². The minimum Gasteiger partial charge on any atom is -0.464 e. The first-order valence-electron chi connectivity index (χ1n) is 3.14. The second kappa shape index (κ2) is 3.12. The predicted octanol–water partition coefficient (Wildman–Crippen LogP) is -0.586. The minimum atomic E-state index is -0.662. The quantitative estimate of drug-likeness (QED) is 0.437. The number of hydrogen-bond donors (Lipinski definition) is 0. The molecule has 1 heterocycles. The van der Waals surface area contributed by atoms with Gasteiger partial charge in [0.1, 0.15) is 0 Å². The fourth-order valence-electron chi connectivity index (χ4n) is 0.743. The summed E-state index contributed by atoms with van der Waals surface area (Å²) in [7, 11) is 2.73. The highest BCUT2D eigenvalue weighted by Gasteiger charge is 2.17. The maximum atomic E-state index is 10.9. The van der Waals surface area contributed by atoms with Crippen molar-refractivity contribution in [3.05, 3.63) is 11.4 Å². The molecule has 0 aliphatic carbocycles. The molecule has 0 aliphatic rings. The van der Waals surface area contributed by atoms with Gasteiger partial charge < -0.3 is 4.74 Å². The van der Waals surface area contributed by atoms with Gasteiger partial charge in [0.15, 0.2) is 12.0 Å². The van der Waals surface area contributed by atoms with Crippen LogP contribution < -0.4 is 0 Å². The highest BCUT2D eigenvalue weighted by Crippen LogP contribution is 2.00. The smallest absolute Gasteiger partial charge is 0.361 e. The largest absolute Gasteiger partial charge is 0.464 e. The third-order valence-electron chi connectivity index (χ3n) is 1.23. The van der Waals surface area contributed by atoms with Gasteiger partial charge >= 0.3 is 5.97 Å². The summed E-state index contributed by atoms with van der Waals surface area (Å²) in [6.45, 7) is 0. The molecule has 0 fully saturated rings. The molecule has 64 valence electrons. The number of ether oxygens (including phenoxy) is 1. The van der Waals surface area contributed by atoms with E-state index in [9.17, 15) is 9.59 Å². The molecule has 0 bridgehead atoms. The normalized spacial score (nSPS) is 9.50. The zero-order valence-electron chi connectivity index (χ0n) is 6.64. The Morgan fingerprint density at radius 3 is 2.75 bits per heavy atom. The molecule has 0 saturated carbocycles. The van der Waals surface area contributed by atoms with Gasteiger partial charge in [0.05, 0.1) is 7.11 Å². The van der Waals surface area contributed by atoms with E-state index in [0.717, 1.165) is 4.80 Å². The molecule has 0 saturated heterocycles. The van der Waals surface area contributed by atoms with E-state index >= 15 is 0 Å². The number of carbonyl (C=O) groups is 2. The summed E-state index contributed by atoms with van der Waals surface area (Å²) in [5.74, 6) is -0.662.